The normalized spacial score (nSPS) is 30.2. The zero-order valence-corrected chi connectivity index (χ0v) is 13.9. The summed E-state index contributed by atoms with van der Waals surface area (Å²) in [5.41, 5.74) is 0.165. The van der Waals surface area contributed by atoms with Gasteiger partial charge in [0.05, 0.1) is 12.2 Å². The second-order valence-electron chi connectivity index (χ2n) is 8.05. The largest absolute Gasteiger partial charge is 0.325 e. The molecule has 0 aromatic rings. The molecular weight excluding hydrogens is 248 g/mol. The van der Waals surface area contributed by atoms with Gasteiger partial charge in [-0.3, -0.25) is 10.1 Å². The van der Waals surface area contributed by atoms with E-state index in [1.807, 2.05) is 0 Å². The molecule has 1 aliphatic heterocycles. The minimum Gasteiger partial charge on any atom is -0.325 e. The maximum absolute atomic E-state index is 12.8. The molecule has 0 aromatic carbocycles. The maximum Gasteiger partial charge on any atom is 0.241 e. The van der Waals surface area contributed by atoms with E-state index >= 15 is 0 Å². The van der Waals surface area contributed by atoms with Crippen LogP contribution in [0.25, 0.3) is 0 Å². The Hall–Kier alpha value is -0.570. The molecule has 2 rings (SSSR count). The van der Waals surface area contributed by atoms with Crippen LogP contribution in [0.2, 0.25) is 0 Å². The molecule has 20 heavy (non-hydrogen) atoms. The molecular formula is C17H32N2O. The van der Waals surface area contributed by atoms with Crippen molar-refractivity contribution in [2.75, 3.05) is 6.54 Å². The average molecular weight is 280 g/mol. The molecule has 1 saturated heterocycles. The average Bonchev–Trinajstić information content (AvgIpc) is 2.97. The second-order valence-corrected chi connectivity index (χ2v) is 8.05. The van der Waals surface area contributed by atoms with E-state index in [2.05, 4.69) is 44.8 Å². The van der Waals surface area contributed by atoms with Crippen LogP contribution in [-0.4, -0.2) is 29.6 Å². The molecule has 1 heterocycles. The standard InChI is InChI=1S/C17H32N2O/c1-6-12(2)14-16(20)19(11-17(3,4)5)15(18-14)13-9-7-8-10-13/h12-15,18H,6-11H2,1-5H3. The molecule has 1 amide bonds. The van der Waals surface area contributed by atoms with E-state index in [4.69, 9.17) is 0 Å². The van der Waals surface area contributed by atoms with Gasteiger partial charge in [-0.05, 0) is 30.1 Å². The van der Waals surface area contributed by atoms with Crippen molar-refractivity contribution in [2.45, 2.75) is 78.9 Å². The molecule has 3 heteroatoms. The smallest absolute Gasteiger partial charge is 0.241 e. The van der Waals surface area contributed by atoms with E-state index in [0.29, 0.717) is 17.7 Å². The Morgan fingerprint density at radius 3 is 2.40 bits per heavy atom. The summed E-state index contributed by atoms with van der Waals surface area (Å²) in [5, 5.41) is 3.68. The van der Waals surface area contributed by atoms with Crippen molar-refractivity contribution < 1.29 is 4.79 Å². The Bertz CT molecular complexity index is 341. The van der Waals surface area contributed by atoms with Crippen LogP contribution in [0.1, 0.15) is 66.7 Å². The number of hydrogen-bond donors (Lipinski definition) is 1. The first-order valence-electron chi connectivity index (χ1n) is 8.40. The van der Waals surface area contributed by atoms with Crippen molar-refractivity contribution in [3.05, 3.63) is 0 Å². The molecule has 0 radical (unpaired) electrons. The summed E-state index contributed by atoms with van der Waals surface area (Å²) in [5.74, 6) is 1.43. The van der Waals surface area contributed by atoms with Crippen molar-refractivity contribution >= 4 is 5.91 Å². The zero-order valence-electron chi connectivity index (χ0n) is 13.9. The van der Waals surface area contributed by atoms with Crippen LogP contribution >= 0.6 is 0 Å². The lowest BCUT2D eigenvalue weighted by Crippen LogP contribution is -2.46. The SMILES string of the molecule is CCC(C)C1NC(C2CCCC2)N(CC(C)(C)C)C1=O. The Labute approximate surface area is 124 Å². The third-order valence-electron chi connectivity index (χ3n) is 4.94. The van der Waals surface area contributed by atoms with Crippen LogP contribution in [0.5, 0.6) is 0 Å². The minimum absolute atomic E-state index is 0.0351. The van der Waals surface area contributed by atoms with E-state index in [9.17, 15) is 4.79 Å². The zero-order chi connectivity index (χ0) is 14.9. The van der Waals surface area contributed by atoms with Crippen LogP contribution in [-0.2, 0) is 4.79 Å². The summed E-state index contributed by atoms with van der Waals surface area (Å²) in [6, 6.07) is 0.0351. The van der Waals surface area contributed by atoms with Gasteiger partial charge in [-0.15, -0.1) is 0 Å². The van der Waals surface area contributed by atoms with Gasteiger partial charge in [0.25, 0.3) is 0 Å². The third kappa shape index (κ3) is 3.36. The third-order valence-corrected chi connectivity index (χ3v) is 4.94. The van der Waals surface area contributed by atoms with Gasteiger partial charge < -0.3 is 4.90 Å². The Kier molecular flexibility index (Phi) is 4.78. The van der Waals surface area contributed by atoms with Crippen LogP contribution in [0.4, 0.5) is 0 Å². The highest BCUT2D eigenvalue weighted by atomic mass is 16.2. The second kappa shape index (κ2) is 6.05. The Morgan fingerprint density at radius 1 is 1.30 bits per heavy atom. The number of nitrogens with one attached hydrogen (secondary N) is 1. The predicted molar refractivity (Wildman–Crippen MR) is 83.3 cm³/mol. The van der Waals surface area contributed by atoms with Crippen LogP contribution < -0.4 is 5.32 Å². The molecule has 116 valence electrons. The lowest BCUT2D eigenvalue weighted by molar-refractivity contribution is -0.132. The van der Waals surface area contributed by atoms with Gasteiger partial charge in [-0.25, -0.2) is 0 Å². The van der Waals surface area contributed by atoms with Gasteiger partial charge in [0.2, 0.25) is 5.91 Å². The number of nitrogens with zero attached hydrogens (tertiary/aromatic N) is 1. The summed E-state index contributed by atoms with van der Waals surface area (Å²) in [4.78, 5) is 15.0. The highest BCUT2D eigenvalue weighted by Crippen LogP contribution is 2.34. The van der Waals surface area contributed by atoms with Gasteiger partial charge >= 0.3 is 0 Å². The van der Waals surface area contributed by atoms with E-state index in [1.54, 1.807) is 0 Å². The summed E-state index contributed by atoms with van der Waals surface area (Å²) >= 11 is 0. The van der Waals surface area contributed by atoms with Crippen molar-refractivity contribution in [1.29, 1.82) is 0 Å². The van der Waals surface area contributed by atoms with Crippen molar-refractivity contribution in [3.63, 3.8) is 0 Å². The summed E-state index contributed by atoms with van der Waals surface area (Å²) in [7, 11) is 0. The van der Waals surface area contributed by atoms with E-state index in [0.717, 1.165) is 13.0 Å². The first-order valence-corrected chi connectivity index (χ1v) is 8.40. The fraction of sp³-hybridized carbons (Fsp3) is 0.941. The van der Waals surface area contributed by atoms with Crippen LogP contribution in [0.3, 0.4) is 0 Å². The van der Waals surface area contributed by atoms with Crippen molar-refractivity contribution in [1.82, 2.24) is 10.2 Å². The Balaban J connectivity index is 2.16. The molecule has 1 aliphatic carbocycles. The van der Waals surface area contributed by atoms with Crippen molar-refractivity contribution in [3.8, 4) is 0 Å². The molecule has 3 atom stereocenters. The van der Waals surface area contributed by atoms with Gasteiger partial charge in [0.1, 0.15) is 0 Å². The molecule has 2 aliphatic rings. The van der Waals surface area contributed by atoms with Crippen LogP contribution in [0.15, 0.2) is 0 Å². The Morgan fingerprint density at radius 2 is 1.90 bits per heavy atom. The molecule has 0 bridgehead atoms. The van der Waals surface area contributed by atoms with E-state index in [1.165, 1.54) is 25.7 Å². The van der Waals surface area contributed by atoms with Crippen molar-refractivity contribution in [2.24, 2.45) is 17.3 Å². The van der Waals surface area contributed by atoms with Gasteiger partial charge in [0, 0.05) is 6.54 Å². The van der Waals surface area contributed by atoms with Gasteiger partial charge in [-0.2, -0.15) is 0 Å². The van der Waals surface area contributed by atoms with Crippen LogP contribution in [0, 0.1) is 17.3 Å². The highest BCUT2D eigenvalue weighted by Gasteiger charge is 2.45. The summed E-state index contributed by atoms with van der Waals surface area (Å²) in [6.07, 6.45) is 6.55. The number of carbonyl (C=O) groups excluding carboxylic acids is 1. The summed E-state index contributed by atoms with van der Waals surface area (Å²) < 4.78 is 0. The molecule has 0 aromatic heterocycles. The monoisotopic (exact) mass is 280 g/mol. The highest BCUT2D eigenvalue weighted by molar-refractivity contribution is 5.84. The molecule has 3 nitrogen and oxygen atoms in total. The fourth-order valence-corrected chi connectivity index (χ4v) is 3.66. The van der Waals surface area contributed by atoms with Gasteiger partial charge in [-0.1, -0.05) is 53.9 Å². The lowest BCUT2D eigenvalue weighted by atomic mass is 9.94. The number of hydrogen-bond acceptors (Lipinski definition) is 2. The predicted octanol–water partition coefficient (Wildman–Crippen LogP) is 3.40. The number of carbonyl (C=O) groups is 1. The first kappa shape index (κ1) is 15.8. The fourth-order valence-electron chi connectivity index (χ4n) is 3.66. The van der Waals surface area contributed by atoms with Gasteiger partial charge in [0.15, 0.2) is 0 Å². The van der Waals surface area contributed by atoms with E-state index < -0.39 is 0 Å². The number of rotatable bonds is 4. The summed E-state index contributed by atoms with van der Waals surface area (Å²) in [6.45, 7) is 11.9. The quantitative estimate of drug-likeness (QED) is 0.856. The topological polar surface area (TPSA) is 32.3 Å². The molecule has 1 saturated carbocycles. The van der Waals surface area contributed by atoms with E-state index in [-0.39, 0.29) is 17.6 Å². The maximum atomic E-state index is 12.8. The molecule has 3 unspecified atom stereocenters. The molecule has 0 spiro atoms. The first-order chi connectivity index (χ1) is 9.33. The molecule has 1 N–H and O–H groups in total. The molecule has 2 fully saturated rings. The lowest BCUT2D eigenvalue weighted by Gasteiger charge is -2.34. The number of amides is 1. The minimum atomic E-state index is 0.0351.